The molecule has 3 rings (SSSR count). The summed E-state index contributed by atoms with van der Waals surface area (Å²) in [4.78, 5) is 2.63. The number of allylic oxidation sites excluding steroid dienone is 2. The van der Waals surface area contributed by atoms with Crippen molar-refractivity contribution in [3.8, 4) is 0 Å². The molecule has 2 heteroatoms. The molecule has 136 valence electrons. The van der Waals surface area contributed by atoms with Crippen LogP contribution in [0, 0.1) is 0 Å². The highest BCUT2D eigenvalue weighted by Gasteiger charge is 2.16. The molecule has 0 aromatic heterocycles. The van der Waals surface area contributed by atoms with Crippen molar-refractivity contribution < 1.29 is 4.58 Å². The van der Waals surface area contributed by atoms with Crippen LogP contribution < -0.4 is 0 Å². The summed E-state index contributed by atoms with van der Waals surface area (Å²) in [6.45, 7) is 4.72. The van der Waals surface area contributed by atoms with Gasteiger partial charge in [-0.25, -0.2) is 4.58 Å². The Hall–Kier alpha value is -1.41. The fourth-order valence-electron chi connectivity index (χ4n) is 4.09. The molecule has 1 aromatic rings. The Morgan fingerprint density at radius 3 is 2.56 bits per heavy atom. The molecule has 1 heterocycles. The predicted octanol–water partition coefficient (Wildman–Crippen LogP) is 5.38. The van der Waals surface area contributed by atoms with E-state index in [0.29, 0.717) is 0 Å². The minimum atomic E-state index is 1.09. The van der Waals surface area contributed by atoms with Gasteiger partial charge in [0.05, 0.1) is 0 Å². The van der Waals surface area contributed by atoms with Gasteiger partial charge in [-0.05, 0) is 43.9 Å². The highest BCUT2D eigenvalue weighted by Crippen LogP contribution is 2.18. The van der Waals surface area contributed by atoms with Crippen LogP contribution in [-0.2, 0) is 6.54 Å². The highest BCUT2D eigenvalue weighted by atomic mass is 15.1. The van der Waals surface area contributed by atoms with Crippen LogP contribution in [0.5, 0.6) is 0 Å². The Bertz CT molecular complexity index is 559. The molecular weight excluding hydrogens is 304 g/mol. The average Bonchev–Trinajstić information content (AvgIpc) is 2.84. The third kappa shape index (κ3) is 6.43. The summed E-state index contributed by atoms with van der Waals surface area (Å²) in [6, 6.07) is 10.9. The summed E-state index contributed by atoms with van der Waals surface area (Å²) in [5, 5.41) is 0. The van der Waals surface area contributed by atoms with Gasteiger partial charge in [0.1, 0.15) is 12.8 Å². The van der Waals surface area contributed by atoms with Crippen molar-refractivity contribution in [1.29, 1.82) is 0 Å². The fraction of sp³-hybridized carbons (Fsp3) is 0.609. The third-order valence-corrected chi connectivity index (χ3v) is 5.55. The van der Waals surface area contributed by atoms with E-state index in [-0.39, 0.29) is 0 Å². The van der Waals surface area contributed by atoms with Crippen molar-refractivity contribution in [2.24, 2.45) is 0 Å². The van der Waals surface area contributed by atoms with E-state index in [2.05, 4.69) is 52.1 Å². The Labute approximate surface area is 154 Å². The molecule has 1 aromatic carbocycles. The van der Waals surface area contributed by atoms with Crippen molar-refractivity contribution >= 4 is 6.21 Å². The molecule has 2 nitrogen and oxygen atoms in total. The lowest BCUT2D eigenvalue weighted by Gasteiger charge is -2.20. The first-order valence-electron chi connectivity index (χ1n) is 10.5. The monoisotopic (exact) mass is 339 g/mol. The number of benzene rings is 1. The molecule has 0 bridgehead atoms. The molecule has 2 aliphatic rings. The smallest absolute Gasteiger partial charge is 0.176 e. The van der Waals surface area contributed by atoms with Gasteiger partial charge in [-0.15, -0.1) is 0 Å². The third-order valence-electron chi connectivity index (χ3n) is 5.55. The van der Waals surface area contributed by atoms with Crippen molar-refractivity contribution in [1.82, 2.24) is 4.90 Å². The second-order valence-corrected chi connectivity index (χ2v) is 7.64. The minimum absolute atomic E-state index is 1.09. The Balaban J connectivity index is 1.60. The maximum atomic E-state index is 2.63. The zero-order valence-electron chi connectivity index (χ0n) is 15.8. The van der Waals surface area contributed by atoms with Crippen LogP contribution in [0.25, 0.3) is 0 Å². The van der Waals surface area contributed by atoms with Gasteiger partial charge in [-0.1, -0.05) is 49.6 Å². The Morgan fingerprint density at radius 1 is 0.800 bits per heavy atom. The lowest BCUT2D eigenvalue weighted by molar-refractivity contribution is -0.477. The topological polar surface area (TPSA) is 6.25 Å². The zero-order valence-corrected chi connectivity index (χ0v) is 15.8. The lowest BCUT2D eigenvalue weighted by atomic mass is 10.1. The second kappa shape index (κ2) is 10.6. The van der Waals surface area contributed by atoms with Gasteiger partial charge in [0, 0.05) is 32.4 Å². The molecule has 25 heavy (non-hydrogen) atoms. The first-order valence-corrected chi connectivity index (χ1v) is 10.5. The average molecular weight is 340 g/mol. The normalized spacial score (nSPS) is 25.8. The van der Waals surface area contributed by atoms with Crippen LogP contribution in [0.4, 0.5) is 0 Å². The van der Waals surface area contributed by atoms with Crippen molar-refractivity contribution in [2.45, 2.75) is 70.8 Å². The minimum Gasteiger partial charge on any atom is -0.299 e. The van der Waals surface area contributed by atoms with E-state index in [1.54, 1.807) is 5.70 Å². The maximum absolute atomic E-state index is 2.63. The SMILES string of the molecule is C1=[N+](\C2=C\CCCCCCC2)CCCCN(Cc2ccccc2)CC/1. The molecular formula is C23H35N2+. The number of hydrogen-bond donors (Lipinski definition) is 0. The van der Waals surface area contributed by atoms with E-state index < -0.39 is 0 Å². The molecule has 1 aliphatic carbocycles. The van der Waals surface area contributed by atoms with Crippen LogP contribution in [0.1, 0.15) is 69.8 Å². The van der Waals surface area contributed by atoms with Crippen molar-refractivity contribution in [3.63, 3.8) is 0 Å². The lowest BCUT2D eigenvalue weighted by Crippen LogP contribution is -2.25. The standard InChI is InChI=1S/C23H35N2/c1-2-4-9-16-23(15-8-3-1)25-19-11-10-17-24(18-12-20-25)21-22-13-6-5-7-14-22/h5-7,13-15,20H,1-4,8-12,16-19,21H2/q+1/b23-15+,25-20-. The van der Waals surface area contributed by atoms with Gasteiger partial charge in [-0.3, -0.25) is 4.90 Å². The first kappa shape index (κ1) is 18.4. The molecule has 0 amide bonds. The van der Waals surface area contributed by atoms with E-state index in [0.717, 1.165) is 6.54 Å². The van der Waals surface area contributed by atoms with Gasteiger partial charge in [0.2, 0.25) is 0 Å². The largest absolute Gasteiger partial charge is 0.299 e. The van der Waals surface area contributed by atoms with E-state index in [1.807, 2.05) is 0 Å². The number of hydrogen-bond acceptors (Lipinski definition) is 1. The fourth-order valence-corrected chi connectivity index (χ4v) is 4.09. The molecule has 1 aliphatic heterocycles. The molecule has 0 radical (unpaired) electrons. The second-order valence-electron chi connectivity index (χ2n) is 7.64. The van der Waals surface area contributed by atoms with Gasteiger partial charge in [0.15, 0.2) is 5.70 Å². The van der Waals surface area contributed by atoms with E-state index in [1.165, 1.54) is 89.4 Å². The van der Waals surface area contributed by atoms with Crippen molar-refractivity contribution in [3.05, 3.63) is 47.7 Å². The van der Waals surface area contributed by atoms with Crippen LogP contribution in [0.15, 0.2) is 42.1 Å². The van der Waals surface area contributed by atoms with Crippen LogP contribution in [-0.4, -0.2) is 35.3 Å². The van der Waals surface area contributed by atoms with Gasteiger partial charge in [-0.2, -0.15) is 0 Å². The molecule has 0 N–H and O–H groups in total. The summed E-state index contributed by atoms with van der Waals surface area (Å²) in [5.74, 6) is 0. The summed E-state index contributed by atoms with van der Waals surface area (Å²) in [6.07, 6.45) is 18.4. The van der Waals surface area contributed by atoms with Crippen LogP contribution in [0.3, 0.4) is 0 Å². The summed E-state index contributed by atoms with van der Waals surface area (Å²) in [7, 11) is 0. The first-order chi connectivity index (χ1) is 12.4. The van der Waals surface area contributed by atoms with Crippen molar-refractivity contribution in [2.75, 3.05) is 19.6 Å². The summed E-state index contributed by atoms with van der Waals surface area (Å²) >= 11 is 0. The molecule has 0 spiro atoms. The Kier molecular flexibility index (Phi) is 7.76. The molecule has 0 saturated heterocycles. The molecule has 0 saturated carbocycles. The number of rotatable bonds is 3. The predicted molar refractivity (Wildman–Crippen MR) is 107 cm³/mol. The van der Waals surface area contributed by atoms with Gasteiger partial charge in [0.25, 0.3) is 0 Å². The van der Waals surface area contributed by atoms with E-state index in [4.69, 9.17) is 0 Å². The quantitative estimate of drug-likeness (QED) is 0.670. The molecule has 0 unspecified atom stereocenters. The zero-order chi connectivity index (χ0) is 17.2. The summed E-state index contributed by atoms with van der Waals surface area (Å²) in [5.41, 5.74) is 3.05. The molecule has 0 atom stereocenters. The van der Waals surface area contributed by atoms with Gasteiger partial charge < -0.3 is 0 Å². The van der Waals surface area contributed by atoms with E-state index in [9.17, 15) is 0 Å². The molecule has 0 fully saturated rings. The highest BCUT2D eigenvalue weighted by molar-refractivity contribution is 5.52. The van der Waals surface area contributed by atoms with Crippen LogP contribution in [0.2, 0.25) is 0 Å². The van der Waals surface area contributed by atoms with E-state index >= 15 is 0 Å². The Morgan fingerprint density at radius 2 is 1.64 bits per heavy atom. The number of nitrogens with zero attached hydrogens (tertiary/aromatic N) is 2. The summed E-state index contributed by atoms with van der Waals surface area (Å²) < 4.78 is 2.61. The van der Waals surface area contributed by atoms with Gasteiger partial charge >= 0.3 is 0 Å². The van der Waals surface area contributed by atoms with Crippen LogP contribution >= 0.6 is 0 Å². The maximum Gasteiger partial charge on any atom is 0.176 e.